The van der Waals surface area contributed by atoms with Crippen LogP contribution in [0.5, 0.6) is 0 Å². The number of aromatic nitrogens is 1. The molecule has 14 heavy (non-hydrogen) atoms. The molecule has 1 saturated heterocycles. The van der Waals surface area contributed by atoms with Gasteiger partial charge in [0.15, 0.2) is 0 Å². The molecule has 0 aliphatic carbocycles. The number of hydrogen-bond donors (Lipinski definition) is 0. The minimum atomic E-state index is 0.819. The van der Waals surface area contributed by atoms with Crippen LogP contribution < -0.4 is 4.90 Å². The Balaban J connectivity index is 2.04. The summed E-state index contributed by atoms with van der Waals surface area (Å²) in [6.45, 7) is 4.26. The van der Waals surface area contributed by atoms with E-state index < -0.39 is 0 Å². The van der Waals surface area contributed by atoms with Gasteiger partial charge in [-0.3, -0.25) is 9.36 Å². The smallest absolute Gasteiger partial charge is 0.217 e. The fourth-order valence-corrected chi connectivity index (χ4v) is 1.72. The molecular formula is C10H15N3O. The maximum Gasteiger partial charge on any atom is 0.217 e. The van der Waals surface area contributed by atoms with Gasteiger partial charge in [0.1, 0.15) is 0 Å². The maximum absolute atomic E-state index is 10.5. The molecule has 1 aromatic heterocycles. The summed E-state index contributed by atoms with van der Waals surface area (Å²) in [5.41, 5.74) is 1.14. The topological polar surface area (TPSA) is 28.5 Å². The second kappa shape index (κ2) is 3.84. The molecule has 1 aromatic rings. The molecule has 1 aliphatic heterocycles. The number of carbonyl (C=O) groups is 1. The Morgan fingerprint density at radius 1 is 1.29 bits per heavy atom. The Kier molecular flexibility index (Phi) is 2.54. The molecule has 1 aliphatic rings. The van der Waals surface area contributed by atoms with Crippen LogP contribution in [0.15, 0.2) is 18.5 Å². The standard InChI is InChI=1S/C10H15N3O/c1-11-4-6-13(7-5-11)10-2-3-12(8-10)9-14/h2-3,8-9H,4-7H2,1H3. The van der Waals surface area contributed by atoms with Crippen molar-refractivity contribution in [3.63, 3.8) is 0 Å². The molecule has 0 aromatic carbocycles. The van der Waals surface area contributed by atoms with Crippen LogP contribution in [0.4, 0.5) is 5.69 Å². The molecule has 0 saturated carbocycles. The van der Waals surface area contributed by atoms with Gasteiger partial charge in [0.25, 0.3) is 0 Å². The van der Waals surface area contributed by atoms with Gasteiger partial charge in [-0.2, -0.15) is 0 Å². The Morgan fingerprint density at radius 2 is 2.00 bits per heavy atom. The van der Waals surface area contributed by atoms with E-state index in [1.54, 1.807) is 10.8 Å². The predicted molar refractivity (Wildman–Crippen MR) is 56.3 cm³/mol. The van der Waals surface area contributed by atoms with Crippen LogP contribution in [0.25, 0.3) is 0 Å². The lowest BCUT2D eigenvalue weighted by atomic mass is 10.3. The average molecular weight is 193 g/mol. The molecule has 4 heteroatoms. The number of rotatable bonds is 2. The summed E-state index contributed by atoms with van der Waals surface area (Å²) in [7, 11) is 2.13. The Morgan fingerprint density at radius 3 is 2.57 bits per heavy atom. The van der Waals surface area contributed by atoms with Crippen molar-refractivity contribution in [3.05, 3.63) is 18.5 Å². The summed E-state index contributed by atoms with van der Waals surface area (Å²) in [6.07, 6.45) is 4.48. The number of anilines is 1. The van der Waals surface area contributed by atoms with Crippen LogP contribution in [0, 0.1) is 0 Å². The molecule has 0 bridgehead atoms. The van der Waals surface area contributed by atoms with Crippen molar-refractivity contribution in [3.8, 4) is 0 Å². The SMILES string of the molecule is CN1CCN(c2ccn(C=O)c2)CC1. The van der Waals surface area contributed by atoms with Crippen molar-refractivity contribution in [1.82, 2.24) is 9.47 Å². The first-order valence-corrected chi connectivity index (χ1v) is 4.86. The van der Waals surface area contributed by atoms with E-state index in [9.17, 15) is 4.79 Å². The zero-order chi connectivity index (χ0) is 9.97. The molecule has 1 fully saturated rings. The quantitative estimate of drug-likeness (QED) is 0.632. The molecule has 0 spiro atoms. The third-order valence-corrected chi connectivity index (χ3v) is 2.69. The second-order valence-electron chi connectivity index (χ2n) is 3.71. The van der Waals surface area contributed by atoms with E-state index in [1.165, 1.54) is 0 Å². The second-order valence-corrected chi connectivity index (χ2v) is 3.71. The highest BCUT2D eigenvalue weighted by Gasteiger charge is 2.14. The Labute approximate surface area is 83.7 Å². The van der Waals surface area contributed by atoms with Crippen LogP contribution in [0.1, 0.15) is 0 Å². The minimum absolute atomic E-state index is 0.819. The molecule has 0 unspecified atom stereocenters. The van der Waals surface area contributed by atoms with E-state index in [0.29, 0.717) is 0 Å². The van der Waals surface area contributed by atoms with Gasteiger partial charge in [0, 0.05) is 38.6 Å². The number of nitrogens with zero attached hydrogens (tertiary/aromatic N) is 3. The van der Waals surface area contributed by atoms with Gasteiger partial charge in [0.05, 0.1) is 5.69 Å². The van der Waals surface area contributed by atoms with Gasteiger partial charge in [-0.15, -0.1) is 0 Å². The van der Waals surface area contributed by atoms with Crippen LogP contribution in [0.3, 0.4) is 0 Å². The molecule has 0 amide bonds. The maximum atomic E-state index is 10.5. The van der Waals surface area contributed by atoms with Gasteiger partial charge in [0.2, 0.25) is 6.41 Å². The van der Waals surface area contributed by atoms with Gasteiger partial charge in [-0.1, -0.05) is 0 Å². The van der Waals surface area contributed by atoms with Crippen molar-refractivity contribution in [2.45, 2.75) is 0 Å². The van der Waals surface area contributed by atoms with Crippen LogP contribution in [0.2, 0.25) is 0 Å². The summed E-state index contributed by atoms with van der Waals surface area (Å²) in [5, 5.41) is 0. The molecule has 2 rings (SSSR count). The summed E-state index contributed by atoms with van der Waals surface area (Å²) in [6, 6.07) is 1.99. The normalized spacial score (nSPS) is 18.5. The minimum Gasteiger partial charge on any atom is -0.368 e. The molecule has 0 radical (unpaired) electrons. The van der Waals surface area contributed by atoms with E-state index in [4.69, 9.17) is 0 Å². The van der Waals surface area contributed by atoms with Gasteiger partial charge < -0.3 is 9.80 Å². The third kappa shape index (κ3) is 1.80. The summed E-state index contributed by atoms with van der Waals surface area (Å²) >= 11 is 0. The van der Waals surface area contributed by atoms with Crippen LogP contribution >= 0.6 is 0 Å². The fraction of sp³-hybridized carbons (Fsp3) is 0.500. The lowest BCUT2D eigenvalue weighted by molar-refractivity contribution is 0.313. The van der Waals surface area contributed by atoms with Gasteiger partial charge in [-0.05, 0) is 13.1 Å². The van der Waals surface area contributed by atoms with Crippen molar-refractivity contribution in [2.24, 2.45) is 0 Å². The first-order chi connectivity index (χ1) is 6.79. The average Bonchev–Trinajstić information content (AvgIpc) is 2.67. The number of piperazine rings is 1. The highest BCUT2D eigenvalue weighted by Crippen LogP contribution is 2.15. The highest BCUT2D eigenvalue weighted by molar-refractivity contribution is 5.58. The van der Waals surface area contributed by atoms with E-state index in [2.05, 4.69) is 16.8 Å². The zero-order valence-electron chi connectivity index (χ0n) is 8.39. The van der Waals surface area contributed by atoms with Crippen molar-refractivity contribution >= 4 is 12.1 Å². The van der Waals surface area contributed by atoms with E-state index in [0.717, 1.165) is 38.3 Å². The fourth-order valence-electron chi connectivity index (χ4n) is 1.72. The first-order valence-electron chi connectivity index (χ1n) is 4.86. The van der Waals surface area contributed by atoms with Crippen molar-refractivity contribution < 1.29 is 4.79 Å². The first kappa shape index (κ1) is 9.27. The van der Waals surface area contributed by atoms with Gasteiger partial charge in [-0.25, -0.2) is 0 Å². The molecule has 2 heterocycles. The molecule has 0 N–H and O–H groups in total. The predicted octanol–water partition coefficient (Wildman–Crippen LogP) is 0.278. The molecule has 4 nitrogen and oxygen atoms in total. The zero-order valence-corrected chi connectivity index (χ0v) is 8.39. The van der Waals surface area contributed by atoms with E-state index in [1.807, 2.05) is 12.3 Å². The van der Waals surface area contributed by atoms with Crippen molar-refractivity contribution in [1.29, 1.82) is 0 Å². The summed E-state index contributed by atoms with van der Waals surface area (Å²) in [5.74, 6) is 0. The monoisotopic (exact) mass is 193 g/mol. The molecule has 0 atom stereocenters. The largest absolute Gasteiger partial charge is 0.368 e. The third-order valence-electron chi connectivity index (χ3n) is 2.69. The van der Waals surface area contributed by atoms with Crippen LogP contribution in [-0.2, 0) is 4.79 Å². The highest BCUT2D eigenvalue weighted by atomic mass is 16.1. The van der Waals surface area contributed by atoms with Crippen molar-refractivity contribution in [2.75, 3.05) is 38.1 Å². The van der Waals surface area contributed by atoms with Crippen LogP contribution in [-0.4, -0.2) is 49.1 Å². The van der Waals surface area contributed by atoms with E-state index in [-0.39, 0.29) is 0 Å². The number of carbonyl (C=O) groups excluding carboxylic acids is 1. The molecule has 76 valence electrons. The summed E-state index contributed by atoms with van der Waals surface area (Å²) in [4.78, 5) is 15.1. The number of hydrogen-bond acceptors (Lipinski definition) is 3. The Bertz CT molecular complexity index is 313. The number of likely N-dealkylation sites (N-methyl/N-ethyl adjacent to an activating group) is 1. The molecular weight excluding hydrogens is 178 g/mol. The van der Waals surface area contributed by atoms with E-state index >= 15 is 0 Å². The Hall–Kier alpha value is -1.29. The summed E-state index contributed by atoms with van der Waals surface area (Å²) < 4.78 is 1.55. The lowest BCUT2D eigenvalue weighted by Gasteiger charge is -2.33. The lowest BCUT2D eigenvalue weighted by Crippen LogP contribution is -2.44. The van der Waals surface area contributed by atoms with Gasteiger partial charge >= 0.3 is 0 Å².